The van der Waals surface area contributed by atoms with Crippen molar-refractivity contribution < 1.29 is 4.79 Å². The van der Waals surface area contributed by atoms with Crippen LogP contribution in [-0.2, 0) is 4.79 Å². The van der Waals surface area contributed by atoms with Gasteiger partial charge in [-0.3, -0.25) is 9.69 Å². The molecule has 1 aliphatic heterocycles. The molecule has 116 valence electrons. The molecule has 2 aliphatic rings. The summed E-state index contributed by atoms with van der Waals surface area (Å²) < 4.78 is 0. The van der Waals surface area contributed by atoms with Gasteiger partial charge in [-0.15, -0.1) is 0 Å². The average molecular weight is 281 g/mol. The normalized spacial score (nSPS) is 29.4. The van der Waals surface area contributed by atoms with Crippen LogP contribution in [0.4, 0.5) is 0 Å². The zero-order valence-electron chi connectivity index (χ0n) is 13.4. The van der Waals surface area contributed by atoms with Crippen LogP contribution in [0.25, 0.3) is 0 Å². The Labute approximate surface area is 123 Å². The fourth-order valence-corrected chi connectivity index (χ4v) is 3.61. The van der Waals surface area contributed by atoms with Gasteiger partial charge < -0.3 is 10.2 Å². The van der Waals surface area contributed by atoms with E-state index >= 15 is 0 Å². The minimum Gasteiger partial charge on any atom is -0.339 e. The van der Waals surface area contributed by atoms with Crippen LogP contribution in [0.3, 0.4) is 0 Å². The van der Waals surface area contributed by atoms with Crippen molar-refractivity contribution in [2.24, 2.45) is 0 Å². The Bertz CT molecular complexity index is 315. The monoisotopic (exact) mass is 281 g/mol. The first-order chi connectivity index (χ1) is 9.61. The van der Waals surface area contributed by atoms with Crippen molar-refractivity contribution in [3.63, 3.8) is 0 Å². The number of carbonyl (C=O) groups is 1. The SMILES string of the molecule is CCN(C(=O)CN1CC(C)NCC1C)C1CCCCC1. The lowest BCUT2D eigenvalue weighted by Crippen LogP contribution is -2.57. The van der Waals surface area contributed by atoms with Gasteiger partial charge in [0, 0.05) is 37.8 Å². The van der Waals surface area contributed by atoms with Crippen molar-refractivity contribution in [3.05, 3.63) is 0 Å². The summed E-state index contributed by atoms with van der Waals surface area (Å²) in [4.78, 5) is 17.1. The zero-order valence-corrected chi connectivity index (χ0v) is 13.4. The summed E-state index contributed by atoms with van der Waals surface area (Å²) in [6.07, 6.45) is 6.32. The standard InChI is InChI=1S/C16H31N3O/c1-4-19(15-8-6-5-7-9-15)16(20)12-18-11-13(2)17-10-14(18)3/h13-15,17H,4-12H2,1-3H3. The molecule has 4 heteroatoms. The average Bonchev–Trinajstić information content (AvgIpc) is 2.45. The Kier molecular flexibility index (Phi) is 5.85. The Balaban J connectivity index is 1.90. The van der Waals surface area contributed by atoms with Crippen LogP contribution in [0.5, 0.6) is 0 Å². The van der Waals surface area contributed by atoms with Crippen LogP contribution >= 0.6 is 0 Å². The second-order valence-corrected chi connectivity index (χ2v) is 6.56. The largest absolute Gasteiger partial charge is 0.339 e. The van der Waals surface area contributed by atoms with E-state index in [1.807, 2.05) is 0 Å². The zero-order chi connectivity index (χ0) is 14.5. The first-order valence-electron chi connectivity index (χ1n) is 8.38. The lowest BCUT2D eigenvalue weighted by Gasteiger charge is -2.40. The number of likely N-dealkylation sites (N-methyl/N-ethyl adjacent to an activating group) is 1. The van der Waals surface area contributed by atoms with E-state index in [1.165, 1.54) is 32.1 Å². The number of rotatable bonds is 4. The van der Waals surface area contributed by atoms with Crippen LogP contribution in [-0.4, -0.2) is 60.0 Å². The number of nitrogens with one attached hydrogen (secondary N) is 1. The lowest BCUT2D eigenvalue weighted by atomic mass is 9.94. The molecule has 1 saturated carbocycles. The molecule has 2 rings (SSSR count). The van der Waals surface area contributed by atoms with Crippen LogP contribution in [0.15, 0.2) is 0 Å². The van der Waals surface area contributed by atoms with Crippen molar-refractivity contribution in [2.45, 2.75) is 71.0 Å². The quantitative estimate of drug-likeness (QED) is 0.854. The highest BCUT2D eigenvalue weighted by atomic mass is 16.2. The molecule has 1 saturated heterocycles. The number of nitrogens with zero attached hydrogens (tertiary/aromatic N) is 2. The summed E-state index contributed by atoms with van der Waals surface area (Å²) in [7, 11) is 0. The van der Waals surface area contributed by atoms with E-state index in [4.69, 9.17) is 0 Å². The van der Waals surface area contributed by atoms with Gasteiger partial charge in [-0.2, -0.15) is 0 Å². The van der Waals surface area contributed by atoms with Crippen LogP contribution in [0.2, 0.25) is 0 Å². The highest BCUT2D eigenvalue weighted by Crippen LogP contribution is 2.23. The maximum Gasteiger partial charge on any atom is 0.236 e. The van der Waals surface area contributed by atoms with Gasteiger partial charge in [0.1, 0.15) is 0 Å². The third-order valence-corrected chi connectivity index (χ3v) is 4.91. The molecule has 0 aromatic heterocycles. The molecule has 1 N–H and O–H groups in total. The predicted octanol–water partition coefficient (Wildman–Crippen LogP) is 1.85. The van der Waals surface area contributed by atoms with E-state index in [0.717, 1.165) is 19.6 Å². The van der Waals surface area contributed by atoms with Crippen molar-refractivity contribution in [2.75, 3.05) is 26.2 Å². The van der Waals surface area contributed by atoms with Crippen LogP contribution in [0, 0.1) is 0 Å². The van der Waals surface area contributed by atoms with Gasteiger partial charge >= 0.3 is 0 Å². The van der Waals surface area contributed by atoms with Crippen molar-refractivity contribution in [1.29, 1.82) is 0 Å². The third kappa shape index (κ3) is 3.95. The van der Waals surface area contributed by atoms with Crippen molar-refractivity contribution >= 4 is 5.91 Å². The summed E-state index contributed by atoms with van der Waals surface area (Å²) in [6, 6.07) is 1.45. The van der Waals surface area contributed by atoms with Crippen LogP contribution < -0.4 is 5.32 Å². The predicted molar refractivity (Wildman–Crippen MR) is 82.8 cm³/mol. The number of piperazine rings is 1. The summed E-state index contributed by atoms with van der Waals surface area (Å²) in [5.41, 5.74) is 0. The number of carbonyl (C=O) groups excluding carboxylic acids is 1. The Morgan fingerprint density at radius 1 is 1.25 bits per heavy atom. The molecule has 1 aliphatic carbocycles. The van der Waals surface area contributed by atoms with Crippen molar-refractivity contribution in [1.82, 2.24) is 15.1 Å². The fraction of sp³-hybridized carbons (Fsp3) is 0.938. The van der Waals surface area contributed by atoms with Crippen LogP contribution in [0.1, 0.15) is 52.9 Å². The highest BCUT2D eigenvalue weighted by molar-refractivity contribution is 5.78. The molecule has 20 heavy (non-hydrogen) atoms. The first-order valence-corrected chi connectivity index (χ1v) is 8.38. The molecule has 2 atom stereocenters. The maximum absolute atomic E-state index is 12.7. The Morgan fingerprint density at radius 2 is 1.95 bits per heavy atom. The molecular weight excluding hydrogens is 250 g/mol. The molecule has 1 amide bonds. The summed E-state index contributed by atoms with van der Waals surface area (Å²) >= 11 is 0. The van der Waals surface area contributed by atoms with Gasteiger partial charge in [0.15, 0.2) is 0 Å². The second-order valence-electron chi connectivity index (χ2n) is 6.56. The molecule has 2 fully saturated rings. The fourth-order valence-electron chi connectivity index (χ4n) is 3.61. The molecule has 4 nitrogen and oxygen atoms in total. The summed E-state index contributed by atoms with van der Waals surface area (Å²) in [5.74, 6) is 0.334. The van der Waals surface area contributed by atoms with Crippen molar-refractivity contribution in [3.8, 4) is 0 Å². The van der Waals surface area contributed by atoms with Gasteiger partial charge in [0.2, 0.25) is 5.91 Å². The number of hydrogen-bond acceptors (Lipinski definition) is 3. The van der Waals surface area contributed by atoms with Gasteiger partial charge in [0.05, 0.1) is 6.54 Å². The Morgan fingerprint density at radius 3 is 2.60 bits per heavy atom. The smallest absolute Gasteiger partial charge is 0.236 e. The second kappa shape index (κ2) is 7.41. The van der Waals surface area contributed by atoms with E-state index in [2.05, 4.69) is 35.9 Å². The third-order valence-electron chi connectivity index (χ3n) is 4.91. The molecule has 1 heterocycles. The van der Waals surface area contributed by atoms with E-state index in [9.17, 15) is 4.79 Å². The molecule has 0 aromatic rings. The molecule has 0 spiro atoms. The van der Waals surface area contributed by atoms with E-state index in [0.29, 0.717) is 30.6 Å². The van der Waals surface area contributed by atoms with Gasteiger partial charge in [-0.25, -0.2) is 0 Å². The number of hydrogen-bond donors (Lipinski definition) is 1. The Hall–Kier alpha value is -0.610. The minimum absolute atomic E-state index is 0.334. The molecule has 0 radical (unpaired) electrons. The lowest BCUT2D eigenvalue weighted by molar-refractivity contribution is -0.136. The maximum atomic E-state index is 12.7. The van der Waals surface area contributed by atoms with E-state index < -0.39 is 0 Å². The minimum atomic E-state index is 0.334. The van der Waals surface area contributed by atoms with Gasteiger partial charge in [-0.05, 0) is 33.6 Å². The molecule has 2 unspecified atom stereocenters. The topological polar surface area (TPSA) is 35.6 Å². The van der Waals surface area contributed by atoms with Gasteiger partial charge in [0.25, 0.3) is 0 Å². The van der Waals surface area contributed by atoms with E-state index in [1.54, 1.807) is 0 Å². The summed E-state index contributed by atoms with van der Waals surface area (Å²) in [6.45, 7) is 9.96. The number of amides is 1. The molecule has 0 aromatic carbocycles. The van der Waals surface area contributed by atoms with E-state index in [-0.39, 0.29) is 0 Å². The molecule has 0 bridgehead atoms. The highest BCUT2D eigenvalue weighted by Gasteiger charge is 2.28. The van der Waals surface area contributed by atoms with Gasteiger partial charge in [-0.1, -0.05) is 19.3 Å². The first kappa shape index (κ1) is 15.8. The molecular formula is C16H31N3O. The summed E-state index contributed by atoms with van der Waals surface area (Å²) in [5, 5.41) is 3.47.